The molecule has 5 nitrogen and oxygen atoms in total. The fraction of sp³-hybridized carbons (Fsp3) is 0.467. The topological polar surface area (TPSA) is 45.5 Å². The van der Waals surface area contributed by atoms with Gasteiger partial charge in [-0.25, -0.2) is 4.98 Å². The molecule has 2 aromatic rings. The Bertz CT molecular complexity index is 577. The van der Waals surface area contributed by atoms with Gasteiger partial charge in [-0.3, -0.25) is 4.99 Å². The summed E-state index contributed by atoms with van der Waals surface area (Å²) in [5.41, 5.74) is 1.27. The normalized spacial score (nSPS) is 11.7. The summed E-state index contributed by atoms with van der Waals surface area (Å²) in [7, 11) is 5.95. The predicted molar refractivity (Wildman–Crippen MR) is 95.7 cm³/mol. The highest BCUT2D eigenvalue weighted by Gasteiger charge is 2.07. The van der Waals surface area contributed by atoms with Crippen molar-refractivity contribution in [3.8, 4) is 0 Å². The van der Waals surface area contributed by atoms with Crippen molar-refractivity contribution in [3.63, 3.8) is 0 Å². The molecule has 0 saturated heterocycles. The van der Waals surface area contributed by atoms with Crippen LogP contribution in [0.2, 0.25) is 0 Å². The van der Waals surface area contributed by atoms with Crippen LogP contribution in [-0.2, 0) is 13.6 Å². The smallest absolute Gasteiger partial charge is 0.193 e. The van der Waals surface area contributed by atoms with Gasteiger partial charge in [0.15, 0.2) is 5.96 Å². The van der Waals surface area contributed by atoms with Gasteiger partial charge < -0.3 is 14.8 Å². The van der Waals surface area contributed by atoms with Crippen molar-refractivity contribution in [2.45, 2.75) is 17.3 Å². The summed E-state index contributed by atoms with van der Waals surface area (Å²) in [6.07, 6.45) is 5.00. The standard InChI is InChI=1S/C15H23N5S2/c1-16-14(20(3)12-13-6-4-9-19(13)2)17-7-5-10-21-15-18-8-11-22-15/h4,6,8-9,11H,5,7,10,12H2,1-3H3,(H,16,17). The summed E-state index contributed by atoms with van der Waals surface area (Å²) in [6, 6.07) is 4.20. The Morgan fingerprint density at radius 3 is 3.05 bits per heavy atom. The molecule has 0 fully saturated rings. The second-order valence-electron chi connectivity index (χ2n) is 4.94. The molecule has 2 rings (SSSR count). The van der Waals surface area contributed by atoms with Crippen molar-refractivity contribution >= 4 is 29.1 Å². The minimum absolute atomic E-state index is 0.844. The molecular weight excluding hydrogens is 314 g/mol. The summed E-state index contributed by atoms with van der Waals surface area (Å²) < 4.78 is 3.28. The van der Waals surface area contributed by atoms with E-state index in [4.69, 9.17) is 0 Å². The quantitative estimate of drug-likeness (QED) is 0.365. The lowest BCUT2D eigenvalue weighted by molar-refractivity contribution is 0.462. The lowest BCUT2D eigenvalue weighted by Crippen LogP contribution is -2.39. The summed E-state index contributed by atoms with van der Waals surface area (Å²) in [6.45, 7) is 1.76. The highest BCUT2D eigenvalue weighted by molar-refractivity contribution is 8.00. The Morgan fingerprint density at radius 2 is 2.41 bits per heavy atom. The molecule has 1 N–H and O–H groups in total. The first kappa shape index (κ1) is 16.9. The first-order valence-corrected chi connectivity index (χ1v) is 9.11. The predicted octanol–water partition coefficient (Wildman–Crippen LogP) is 2.67. The van der Waals surface area contributed by atoms with Gasteiger partial charge in [0.05, 0.1) is 6.54 Å². The zero-order chi connectivity index (χ0) is 15.8. The Labute approximate surface area is 140 Å². The van der Waals surface area contributed by atoms with E-state index in [0.717, 1.165) is 35.6 Å². The van der Waals surface area contributed by atoms with Gasteiger partial charge >= 0.3 is 0 Å². The van der Waals surface area contributed by atoms with Crippen LogP contribution >= 0.6 is 23.1 Å². The Morgan fingerprint density at radius 1 is 1.55 bits per heavy atom. The van der Waals surface area contributed by atoms with Crippen molar-refractivity contribution in [3.05, 3.63) is 35.6 Å². The number of aliphatic imine (C=N–C) groups is 1. The maximum absolute atomic E-state index is 4.35. The Balaban J connectivity index is 1.69. The molecule has 0 aliphatic heterocycles. The lowest BCUT2D eigenvalue weighted by Gasteiger charge is -2.22. The molecule has 2 heterocycles. The number of nitrogens with one attached hydrogen (secondary N) is 1. The Kier molecular flexibility index (Phi) is 6.79. The number of guanidine groups is 1. The van der Waals surface area contributed by atoms with Gasteiger partial charge in [-0.1, -0.05) is 11.8 Å². The molecule has 0 aliphatic rings. The highest BCUT2D eigenvalue weighted by Crippen LogP contribution is 2.20. The minimum atomic E-state index is 0.844. The largest absolute Gasteiger partial charge is 0.356 e. The summed E-state index contributed by atoms with van der Waals surface area (Å²) >= 11 is 3.51. The molecule has 0 spiro atoms. The maximum atomic E-state index is 4.35. The molecule has 2 aromatic heterocycles. The van der Waals surface area contributed by atoms with Crippen molar-refractivity contribution < 1.29 is 0 Å². The van der Waals surface area contributed by atoms with Crippen LogP contribution in [0.25, 0.3) is 0 Å². The number of hydrogen-bond acceptors (Lipinski definition) is 4. The third kappa shape index (κ3) is 5.06. The van der Waals surface area contributed by atoms with E-state index in [1.54, 1.807) is 11.3 Å². The molecule has 0 amide bonds. The van der Waals surface area contributed by atoms with Gasteiger partial charge in [0.2, 0.25) is 0 Å². The first-order valence-electron chi connectivity index (χ1n) is 7.25. The van der Waals surface area contributed by atoms with E-state index in [-0.39, 0.29) is 0 Å². The average Bonchev–Trinajstić information content (AvgIpc) is 3.15. The number of thiazole rings is 1. The van der Waals surface area contributed by atoms with Crippen molar-refractivity contribution in [2.75, 3.05) is 26.4 Å². The lowest BCUT2D eigenvalue weighted by atomic mass is 10.4. The van der Waals surface area contributed by atoms with Gasteiger partial charge in [-0.15, -0.1) is 11.3 Å². The second kappa shape index (κ2) is 8.85. The molecular formula is C15H23N5S2. The first-order chi connectivity index (χ1) is 10.7. The van der Waals surface area contributed by atoms with Gasteiger partial charge in [0.25, 0.3) is 0 Å². The molecule has 0 aliphatic carbocycles. The van der Waals surface area contributed by atoms with E-state index in [9.17, 15) is 0 Å². The van der Waals surface area contributed by atoms with E-state index in [2.05, 4.69) is 57.2 Å². The fourth-order valence-electron chi connectivity index (χ4n) is 2.08. The average molecular weight is 338 g/mol. The Hall–Kier alpha value is -1.47. The molecule has 0 atom stereocenters. The molecule has 0 bridgehead atoms. The second-order valence-corrected chi connectivity index (χ2v) is 7.18. The zero-order valence-corrected chi connectivity index (χ0v) is 15.0. The molecule has 0 radical (unpaired) electrons. The number of nitrogens with zero attached hydrogens (tertiary/aromatic N) is 4. The highest BCUT2D eigenvalue weighted by atomic mass is 32.2. The monoisotopic (exact) mass is 337 g/mol. The van der Waals surface area contributed by atoms with Crippen LogP contribution < -0.4 is 5.32 Å². The summed E-state index contributed by atoms with van der Waals surface area (Å²) in [5, 5.41) is 5.43. The number of hydrogen-bond donors (Lipinski definition) is 1. The van der Waals surface area contributed by atoms with Crippen molar-refractivity contribution in [1.82, 2.24) is 19.8 Å². The van der Waals surface area contributed by atoms with E-state index in [0.29, 0.717) is 0 Å². The van der Waals surface area contributed by atoms with Gasteiger partial charge in [-0.2, -0.15) is 0 Å². The van der Waals surface area contributed by atoms with E-state index >= 15 is 0 Å². The summed E-state index contributed by atoms with van der Waals surface area (Å²) in [4.78, 5) is 10.8. The van der Waals surface area contributed by atoms with Gasteiger partial charge in [-0.05, 0) is 18.6 Å². The molecule has 120 valence electrons. The van der Waals surface area contributed by atoms with Crippen LogP contribution in [0.15, 0.2) is 39.2 Å². The zero-order valence-electron chi connectivity index (χ0n) is 13.3. The van der Waals surface area contributed by atoms with Gasteiger partial charge in [0, 0.05) is 56.9 Å². The van der Waals surface area contributed by atoms with Gasteiger partial charge in [0.1, 0.15) is 4.34 Å². The third-order valence-electron chi connectivity index (χ3n) is 3.26. The van der Waals surface area contributed by atoms with Crippen LogP contribution in [0.3, 0.4) is 0 Å². The SMILES string of the molecule is CN=C(NCCCSc1nccs1)N(C)Cc1cccn1C. The summed E-state index contributed by atoms with van der Waals surface area (Å²) in [5.74, 6) is 2.00. The molecule has 0 saturated carbocycles. The van der Waals surface area contributed by atoms with Crippen LogP contribution in [0.5, 0.6) is 0 Å². The minimum Gasteiger partial charge on any atom is -0.356 e. The molecule has 0 aromatic carbocycles. The third-order valence-corrected chi connectivity index (χ3v) is 5.32. The van der Waals surface area contributed by atoms with E-state index in [1.807, 2.05) is 30.4 Å². The van der Waals surface area contributed by atoms with Crippen molar-refractivity contribution in [2.24, 2.45) is 12.0 Å². The van der Waals surface area contributed by atoms with E-state index < -0.39 is 0 Å². The van der Waals surface area contributed by atoms with Crippen LogP contribution in [0, 0.1) is 0 Å². The number of thioether (sulfide) groups is 1. The number of rotatable bonds is 7. The molecule has 0 unspecified atom stereocenters. The van der Waals surface area contributed by atoms with Crippen molar-refractivity contribution in [1.29, 1.82) is 0 Å². The maximum Gasteiger partial charge on any atom is 0.193 e. The van der Waals surface area contributed by atoms with Crippen LogP contribution in [0.1, 0.15) is 12.1 Å². The number of aromatic nitrogens is 2. The number of aryl methyl sites for hydroxylation is 1. The van der Waals surface area contributed by atoms with Crippen LogP contribution in [0.4, 0.5) is 0 Å². The van der Waals surface area contributed by atoms with E-state index in [1.165, 1.54) is 5.69 Å². The molecule has 22 heavy (non-hydrogen) atoms. The fourth-order valence-corrected chi connectivity index (χ4v) is 3.72. The van der Waals surface area contributed by atoms with Crippen LogP contribution in [-0.4, -0.2) is 46.8 Å². The molecule has 7 heteroatoms.